The molecule has 13 heavy (non-hydrogen) atoms. The molecule has 0 saturated heterocycles. The summed E-state index contributed by atoms with van der Waals surface area (Å²) in [4.78, 5) is 0. The highest BCUT2D eigenvalue weighted by atomic mass is 35.5. The molecule has 1 aromatic carbocycles. The van der Waals surface area contributed by atoms with E-state index in [9.17, 15) is 5.11 Å². The van der Waals surface area contributed by atoms with E-state index in [4.69, 9.17) is 16.8 Å². The van der Waals surface area contributed by atoms with Crippen molar-refractivity contribution in [3.05, 3.63) is 27.8 Å². The molecule has 0 atom stereocenters. The molecule has 72 valence electrons. The highest BCUT2D eigenvalue weighted by Gasteiger charge is 2.09. The predicted octanol–water partition coefficient (Wildman–Crippen LogP) is 2.14. The zero-order valence-corrected chi connectivity index (χ0v) is 8.31. The third-order valence-corrected chi connectivity index (χ3v) is 2.52. The summed E-state index contributed by atoms with van der Waals surface area (Å²) in [5.74, 6) is 0.112. The van der Waals surface area contributed by atoms with Crippen molar-refractivity contribution >= 4 is 11.6 Å². The fourth-order valence-electron chi connectivity index (χ4n) is 1.20. The van der Waals surface area contributed by atoms with Crippen molar-refractivity contribution in [2.24, 2.45) is 0 Å². The Morgan fingerprint density at radius 1 is 1.46 bits per heavy atom. The SMILES string of the molecule is Cc1cc(CNO)c(C)c(Cl)c1O. The molecule has 0 fully saturated rings. The number of hydroxylamine groups is 1. The fraction of sp³-hybridized carbons (Fsp3) is 0.333. The van der Waals surface area contributed by atoms with Crippen molar-refractivity contribution < 1.29 is 10.3 Å². The van der Waals surface area contributed by atoms with E-state index >= 15 is 0 Å². The van der Waals surface area contributed by atoms with E-state index in [1.54, 1.807) is 19.9 Å². The van der Waals surface area contributed by atoms with Crippen molar-refractivity contribution in [3.63, 3.8) is 0 Å². The van der Waals surface area contributed by atoms with Crippen molar-refractivity contribution in [1.29, 1.82) is 0 Å². The highest BCUT2D eigenvalue weighted by molar-refractivity contribution is 6.33. The Bertz CT molecular complexity index is 326. The minimum absolute atomic E-state index is 0.112. The van der Waals surface area contributed by atoms with Crippen LogP contribution in [0, 0.1) is 13.8 Å². The maximum atomic E-state index is 9.46. The fourth-order valence-corrected chi connectivity index (χ4v) is 1.47. The first kappa shape index (κ1) is 10.3. The van der Waals surface area contributed by atoms with Gasteiger partial charge in [-0.1, -0.05) is 17.7 Å². The summed E-state index contributed by atoms with van der Waals surface area (Å²) >= 11 is 5.86. The first-order valence-corrected chi connectivity index (χ1v) is 4.30. The third kappa shape index (κ3) is 1.94. The molecular formula is C9H12ClNO2. The number of nitrogens with one attached hydrogen (secondary N) is 1. The molecule has 0 aliphatic heterocycles. The number of phenolic OH excluding ortho intramolecular Hbond substituents is 1. The molecule has 0 amide bonds. The van der Waals surface area contributed by atoms with Crippen LogP contribution in [-0.4, -0.2) is 10.3 Å². The van der Waals surface area contributed by atoms with Gasteiger partial charge in [-0.05, 0) is 30.5 Å². The van der Waals surface area contributed by atoms with Crippen LogP contribution in [0.15, 0.2) is 6.07 Å². The van der Waals surface area contributed by atoms with Gasteiger partial charge in [0, 0.05) is 6.54 Å². The zero-order chi connectivity index (χ0) is 10.0. The third-order valence-electron chi connectivity index (χ3n) is 2.05. The largest absolute Gasteiger partial charge is 0.506 e. The molecule has 0 aromatic heterocycles. The summed E-state index contributed by atoms with van der Waals surface area (Å²) in [6.07, 6.45) is 0. The van der Waals surface area contributed by atoms with Crippen molar-refractivity contribution in [2.45, 2.75) is 20.4 Å². The van der Waals surface area contributed by atoms with Gasteiger partial charge in [0.1, 0.15) is 5.75 Å². The molecule has 0 aliphatic rings. The summed E-state index contributed by atoms with van der Waals surface area (Å²) in [6.45, 7) is 3.89. The molecule has 3 nitrogen and oxygen atoms in total. The first-order valence-electron chi connectivity index (χ1n) is 3.92. The Hall–Kier alpha value is -0.770. The van der Waals surface area contributed by atoms with Crippen molar-refractivity contribution in [1.82, 2.24) is 5.48 Å². The molecule has 3 N–H and O–H groups in total. The molecule has 0 heterocycles. The number of hydrogen-bond acceptors (Lipinski definition) is 3. The summed E-state index contributed by atoms with van der Waals surface area (Å²) in [7, 11) is 0. The monoisotopic (exact) mass is 201 g/mol. The Kier molecular flexibility index (Phi) is 3.14. The van der Waals surface area contributed by atoms with Gasteiger partial charge in [-0.3, -0.25) is 0 Å². The first-order chi connectivity index (χ1) is 6.07. The zero-order valence-electron chi connectivity index (χ0n) is 7.56. The van der Waals surface area contributed by atoms with Crippen molar-refractivity contribution in [3.8, 4) is 5.75 Å². The van der Waals surface area contributed by atoms with Gasteiger partial charge in [0.2, 0.25) is 0 Å². The Morgan fingerprint density at radius 3 is 2.62 bits per heavy atom. The van der Waals surface area contributed by atoms with Crippen LogP contribution in [0.1, 0.15) is 16.7 Å². The lowest BCUT2D eigenvalue weighted by Crippen LogP contribution is -2.08. The summed E-state index contributed by atoms with van der Waals surface area (Å²) in [6, 6.07) is 1.79. The van der Waals surface area contributed by atoms with E-state index in [2.05, 4.69) is 5.48 Å². The normalized spacial score (nSPS) is 10.5. The maximum Gasteiger partial charge on any atom is 0.137 e. The second-order valence-electron chi connectivity index (χ2n) is 2.98. The van der Waals surface area contributed by atoms with Gasteiger partial charge in [-0.25, -0.2) is 5.48 Å². The number of halogens is 1. The Morgan fingerprint density at radius 2 is 2.08 bits per heavy atom. The highest BCUT2D eigenvalue weighted by Crippen LogP contribution is 2.32. The Labute approximate surface area is 81.9 Å². The topological polar surface area (TPSA) is 52.5 Å². The van der Waals surface area contributed by atoms with Gasteiger partial charge < -0.3 is 10.3 Å². The van der Waals surface area contributed by atoms with Crippen LogP contribution in [0.5, 0.6) is 5.75 Å². The number of aryl methyl sites for hydroxylation is 1. The number of phenols is 1. The molecule has 0 saturated carbocycles. The summed E-state index contributed by atoms with van der Waals surface area (Å²) in [5.41, 5.74) is 4.43. The van der Waals surface area contributed by atoms with Crippen molar-refractivity contribution in [2.75, 3.05) is 0 Å². The summed E-state index contributed by atoms with van der Waals surface area (Å²) < 4.78 is 0. The van der Waals surface area contributed by atoms with Gasteiger partial charge in [0.05, 0.1) is 5.02 Å². The lowest BCUT2D eigenvalue weighted by atomic mass is 10.0. The molecule has 0 spiro atoms. The predicted molar refractivity (Wildman–Crippen MR) is 51.2 cm³/mol. The number of hydrogen-bond donors (Lipinski definition) is 3. The Balaban J connectivity index is 3.24. The number of benzene rings is 1. The average Bonchev–Trinajstić information content (AvgIpc) is 2.11. The van der Waals surface area contributed by atoms with E-state index in [0.717, 1.165) is 11.1 Å². The van der Waals surface area contributed by atoms with Crippen LogP contribution in [0.2, 0.25) is 5.02 Å². The van der Waals surface area contributed by atoms with Crippen LogP contribution in [0.4, 0.5) is 0 Å². The minimum atomic E-state index is 0.112. The van der Waals surface area contributed by atoms with Gasteiger partial charge >= 0.3 is 0 Å². The van der Waals surface area contributed by atoms with E-state index in [-0.39, 0.29) is 5.75 Å². The molecule has 1 aromatic rings. The van der Waals surface area contributed by atoms with Crippen LogP contribution in [0.3, 0.4) is 0 Å². The second-order valence-corrected chi connectivity index (χ2v) is 3.35. The molecule has 1 rings (SSSR count). The van der Waals surface area contributed by atoms with E-state index in [1.807, 2.05) is 0 Å². The van der Waals surface area contributed by atoms with E-state index in [1.165, 1.54) is 0 Å². The average molecular weight is 202 g/mol. The number of rotatable bonds is 2. The molecule has 0 unspecified atom stereocenters. The van der Waals surface area contributed by atoms with Crippen LogP contribution in [-0.2, 0) is 6.54 Å². The molecule has 0 aliphatic carbocycles. The van der Waals surface area contributed by atoms with Crippen LogP contribution >= 0.6 is 11.6 Å². The van der Waals surface area contributed by atoms with Gasteiger partial charge in [-0.15, -0.1) is 0 Å². The van der Waals surface area contributed by atoms with E-state index in [0.29, 0.717) is 17.1 Å². The van der Waals surface area contributed by atoms with Gasteiger partial charge in [-0.2, -0.15) is 0 Å². The number of aromatic hydroxyl groups is 1. The standard InChI is InChI=1S/C9H12ClNO2/c1-5-3-7(4-11-13)6(2)8(10)9(5)12/h3,11-13H,4H2,1-2H3. The lowest BCUT2D eigenvalue weighted by Gasteiger charge is -2.10. The minimum Gasteiger partial charge on any atom is -0.506 e. The molecular weight excluding hydrogens is 190 g/mol. The molecule has 0 bridgehead atoms. The smallest absolute Gasteiger partial charge is 0.137 e. The quantitative estimate of drug-likeness (QED) is 0.643. The van der Waals surface area contributed by atoms with Gasteiger partial charge in [0.25, 0.3) is 0 Å². The molecule has 4 heteroatoms. The second kappa shape index (κ2) is 3.96. The lowest BCUT2D eigenvalue weighted by molar-refractivity contribution is 0.161. The van der Waals surface area contributed by atoms with E-state index < -0.39 is 0 Å². The summed E-state index contributed by atoms with van der Waals surface area (Å²) in [5, 5.41) is 18.4. The van der Waals surface area contributed by atoms with Gasteiger partial charge in [0.15, 0.2) is 0 Å². The molecule has 0 radical (unpaired) electrons. The van der Waals surface area contributed by atoms with Crippen LogP contribution < -0.4 is 5.48 Å². The maximum absolute atomic E-state index is 9.46. The van der Waals surface area contributed by atoms with Crippen LogP contribution in [0.25, 0.3) is 0 Å².